The molecule has 1 aliphatic carbocycles. The number of anilines is 1. The van der Waals surface area contributed by atoms with Gasteiger partial charge in [0.25, 0.3) is 0 Å². The highest BCUT2D eigenvalue weighted by Crippen LogP contribution is 2.17. The van der Waals surface area contributed by atoms with Gasteiger partial charge in [0.1, 0.15) is 0 Å². The van der Waals surface area contributed by atoms with Gasteiger partial charge in [-0.1, -0.05) is 45.2 Å². The minimum absolute atomic E-state index is 0.0872. The lowest BCUT2D eigenvalue weighted by molar-refractivity contribution is 0.244. The molecule has 1 aliphatic rings. The first-order valence-electron chi connectivity index (χ1n) is 8.03. The molecule has 4 heteroatoms. The third kappa shape index (κ3) is 5.76. The van der Waals surface area contributed by atoms with Crippen molar-refractivity contribution in [3.8, 4) is 0 Å². The molecule has 0 aromatic heterocycles. The van der Waals surface area contributed by atoms with Crippen molar-refractivity contribution >= 4 is 11.7 Å². The second kappa shape index (κ2) is 8.03. The molecule has 1 saturated carbocycles. The molecule has 0 heterocycles. The summed E-state index contributed by atoms with van der Waals surface area (Å²) in [6.45, 7) is 5.07. The normalized spacial score (nSPS) is 16.0. The topological polar surface area (TPSA) is 53.2 Å². The zero-order valence-electron chi connectivity index (χ0n) is 13.1. The Morgan fingerprint density at radius 3 is 2.71 bits per heavy atom. The van der Waals surface area contributed by atoms with Gasteiger partial charge < -0.3 is 16.0 Å². The SMILES string of the molecule is CC(C)NCc1cccc(NC(=O)NC2CCCCC2)c1. The second-order valence-corrected chi connectivity index (χ2v) is 6.17. The average Bonchev–Trinajstić information content (AvgIpc) is 2.46. The zero-order valence-corrected chi connectivity index (χ0v) is 13.1. The van der Waals surface area contributed by atoms with Crippen LogP contribution >= 0.6 is 0 Å². The Morgan fingerprint density at radius 2 is 2.00 bits per heavy atom. The van der Waals surface area contributed by atoms with Crippen molar-refractivity contribution in [1.82, 2.24) is 10.6 Å². The minimum atomic E-state index is -0.0872. The third-order valence-corrected chi connectivity index (χ3v) is 3.84. The highest BCUT2D eigenvalue weighted by Gasteiger charge is 2.15. The van der Waals surface area contributed by atoms with Crippen LogP contribution in [0.25, 0.3) is 0 Å². The monoisotopic (exact) mass is 289 g/mol. The fourth-order valence-corrected chi connectivity index (χ4v) is 2.68. The van der Waals surface area contributed by atoms with Crippen molar-refractivity contribution in [3.63, 3.8) is 0 Å². The molecular formula is C17H27N3O. The van der Waals surface area contributed by atoms with Gasteiger partial charge in [0, 0.05) is 24.3 Å². The largest absolute Gasteiger partial charge is 0.335 e. The molecular weight excluding hydrogens is 262 g/mol. The fraction of sp³-hybridized carbons (Fsp3) is 0.588. The number of amides is 2. The van der Waals surface area contributed by atoms with Crippen LogP contribution in [0.15, 0.2) is 24.3 Å². The van der Waals surface area contributed by atoms with Gasteiger partial charge in [-0.05, 0) is 30.5 Å². The minimum Gasteiger partial charge on any atom is -0.335 e. The van der Waals surface area contributed by atoms with Crippen molar-refractivity contribution in [2.45, 2.75) is 64.6 Å². The third-order valence-electron chi connectivity index (χ3n) is 3.84. The van der Waals surface area contributed by atoms with E-state index in [1.54, 1.807) is 0 Å². The molecule has 0 aliphatic heterocycles. The Balaban J connectivity index is 1.83. The predicted octanol–water partition coefficient (Wildman–Crippen LogP) is 3.64. The van der Waals surface area contributed by atoms with Crippen LogP contribution in [0.5, 0.6) is 0 Å². The molecule has 0 atom stereocenters. The number of benzene rings is 1. The van der Waals surface area contributed by atoms with Crippen LogP contribution in [0.1, 0.15) is 51.5 Å². The van der Waals surface area contributed by atoms with E-state index in [2.05, 4.69) is 35.9 Å². The lowest BCUT2D eigenvalue weighted by Crippen LogP contribution is -2.39. The lowest BCUT2D eigenvalue weighted by atomic mass is 9.96. The number of hydrogen-bond donors (Lipinski definition) is 3. The molecule has 1 aromatic rings. The number of urea groups is 1. The Hall–Kier alpha value is -1.55. The van der Waals surface area contributed by atoms with Crippen molar-refractivity contribution in [3.05, 3.63) is 29.8 Å². The Morgan fingerprint density at radius 1 is 1.24 bits per heavy atom. The summed E-state index contributed by atoms with van der Waals surface area (Å²) >= 11 is 0. The Bertz CT molecular complexity index is 453. The van der Waals surface area contributed by atoms with Gasteiger partial charge in [0.05, 0.1) is 0 Å². The molecule has 2 rings (SSSR count). The van der Waals surface area contributed by atoms with Crippen molar-refractivity contribution in [2.75, 3.05) is 5.32 Å². The van der Waals surface area contributed by atoms with Gasteiger partial charge in [0.15, 0.2) is 0 Å². The molecule has 2 amide bonds. The number of rotatable bonds is 5. The average molecular weight is 289 g/mol. The molecule has 1 aromatic carbocycles. The van der Waals surface area contributed by atoms with E-state index < -0.39 is 0 Å². The molecule has 1 fully saturated rings. The van der Waals surface area contributed by atoms with Crippen LogP contribution in [-0.2, 0) is 6.54 Å². The number of hydrogen-bond acceptors (Lipinski definition) is 2. The van der Waals surface area contributed by atoms with Crippen molar-refractivity contribution in [2.24, 2.45) is 0 Å². The maximum absolute atomic E-state index is 12.0. The van der Waals surface area contributed by atoms with Crippen LogP contribution in [-0.4, -0.2) is 18.1 Å². The van der Waals surface area contributed by atoms with Crippen LogP contribution < -0.4 is 16.0 Å². The van der Waals surface area contributed by atoms with Crippen LogP contribution in [0.2, 0.25) is 0 Å². The summed E-state index contributed by atoms with van der Waals surface area (Å²) in [6, 6.07) is 8.71. The van der Waals surface area contributed by atoms with Gasteiger partial charge in [-0.15, -0.1) is 0 Å². The zero-order chi connectivity index (χ0) is 15.1. The first-order valence-corrected chi connectivity index (χ1v) is 8.03. The Kier molecular flexibility index (Phi) is 6.05. The quantitative estimate of drug-likeness (QED) is 0.775. The highest BCUT2D eigenvalue weighted by atomic mass is 16.2. The summed E-state index contributed by atoms with van der Waals surface area (Å²) in [6.07, 6.45) is 5.95. The molecule has 3 N–H and O–H groups in total. The molecule has 4 nitrogen and oxygen atoms in total. The van der Waals surface area contributed by atoms with Crippen LogP contribution in [0, 0.1) is 0 Å². The molecule has 0 bridgehead atoms. The lowest BCUT2D eigenvalue weighted by Gasteiger charge is -2.23. The fourth-order valence-electron chi connectivity index (χ4n) is 2.68. The molecule has 0 radical (unpaired) electrons. The van der Waals surface area contributed by atoms with Crippen LogP contribution in [0.3, 0.4) is 0 Å². The van der Waals surface area contributed by atoms with Crippen LogP contribution in [0.4, 0.5) is 10.5 Å². The summed E-state index contributed by atoms with van der Waals surface area (Å²) in [5.41, 5.74) is 2.03. The maximum Gasteiger partial charge on any atom is 0.319 e. The Labute approximate surface area is 127 Å². The number of nitrogens with one attached hydrogen (secondary N) is 3. The smallest absolute Gasteiger partial charge is 0.319 e. The summed E-state index contributed by atoms with van der Waals surface area (Å²) < 4.78 is 0. The van der Waals surface area contributed by atoms with Gasteiger partial charge in [-0.3, -0.25) is 0 Å². The molecule has 0 unspecified atom stereocenters. The maximum atomic E-state index is 12.0. The first kappa shape index (κ1) is 15.8. The van der Waals surface area contributed by atoms with Crippen molar-refractivity contribution < 1.29 is 4.79 Å². The van der Waals surface area contributed by atoms with Gasteiger partial charge in [0.2, 0.25) is 0 Å². The number of carbonyl (C=O) groups is 1. The summed E-state index contributed by atoms with van der Waals surface area (Å²) in [7, 11) is 0. The van der Waals surface area contributed by atoms with E-state index in [-0.39, 0.29) is 6.03 Å². The van der Waals surface area contributed by atoms with E-state index in [1.807, 2.05) is 18.2 Å². The van der Waals surface area contributed by atoms with Gasteiger partial charge in [-0.2, -0.15) is 0 Å². The van der Waals surface area contributed by atoms with E-state index in [4.69, 9.17) is 0 Å². The van der Waals surface area contributed by atoms with Gasteiger partial charge >= 0.3 is 6.03 Å². The molecule has 21 heavy (non-hydrogen) atoms. The first-order chi connectivity index (χ1) is 10.1. The molecule has 0 spiro atoms. The summed E-state index contributed by atoms with van der Waals surface area (Å²) in [4.78, 5) is 12.0. The summed E-state index contributed by atoms with van der Waals surface area (Å²) in [5, 5.41) is 9.39. The second-order valence-electron chi connectivity index (χ2n) is 6.17. The van der Waals surface area contributed by atoms with Gasteiger partial charge in [-0.25, -0.2) is 4.79 Å². The van der Waals surface area contributed by atoms with E-state index in [0.29, 0.717) is 12.1 Å². The van der Waals surface area contributed by atoms with E-state index in [9.17, 15) is 4.79 Å². The molecule has 116 valence electrons. The molecule has 0 saturated heterocycles. The number of carbonyl (C=O) groups excluding carboxylic acids is 1. The van der Waals surface area contributed by atoms with Crippen molar-refractivity contribution in [1.29, 1.82) is 0 Å². The summed E-state index contributed by atoms with van der Waals surface area (Å²) in [5.74, 6) is 0. The standard InChI is InChI=1S/C17H27N3O/c1-13(2)18-12-14-7-6-10-16(11-14)20-17(21)19-15-8-4-3-5-9-15/h6-7,10-11,13,15,18H,3-5,8-9,12H2,1-2H3,(H2,19,20,21). The highest BCUT2D eigenvalue weighted by molar-refractivity contribution is 5.89. The predicted molar refractivity (Wildman–Crippen MR) is 87.4 cm³/mol. The van der Waals surface area contributed by atoms with E-state index in [1.165, 1.54) is 24.8 Å². The van der Waals surface area contributed by atoms with E-state index >= 15 is 0 Å². The van der Waals surface area contributed by atoms with E-state index in [0.717, 1.165) is 25.1 Å².